The first-order chi connectivity index (χ1) is 11.4. The molecular weight excluding hydrogens is 321 g/mol. The van der Waals surface area contributed by atoms with E-state index < -0.39 is 17.2 Å². The number of aromatic nitrogens is 3. The zero-order valence-corrected chi connectivity index (χ0v) is 12.5. The predicted octanol–water partition coefficient (Wildman–Crippen LogP) is 3.46. The van der Waals surface area contributed by atoms with E-state index in [1.54, 1.807) is 12.1 Å². The fourth-order valence-electron chi connectivity index (χ4n) is 4.99. The Morgan fingerprint density at radius 1 is 1.33 bits per heavy atom. The standard InChI is InChI=1S/C16H13F3N4O/c17-16(18,19)12-11-8-1-2-10-14(21-23-20-10)9(8)6-15(11)4-3-7(5-15)13(12)22-24/h1-2,7,24H,3-6H2,(H,20,21,23)/b22-13-/t7-,15+/m1/s1. The molecule has 5 rings (SSSR count). The summed E-state index contributed by atoms with van der Waals surface area (Å²) in [6.45, 7) is 0. The molecular formula is C16H13F3N4O. The Morgan fingerprint density at radius 2 is 2.17 bits per heavy atom. The number of fused-ring (bicyclic) bond motifs is 5. The van der Waals surface area contributed by atoms with Crippen LogP contribution in [0.25, 0.3) is 16.6 Å². The average Bonchev–Trinajstić information content (AvgIpc) is 3.21. The van der Waals surface area contributed by atoms with Crippen molar-refractivity contribution in [2.24, 2.45) is 16.5 Å². The van der Waals surface area contributed by atoms with Crippen molar-refractivity contribution in [3.8, 4) is 0 Å². The van der Waals surface area contributed by atoms with Crippen LogP contribution < -0.4 is 0 Å². The Morgan fingerprint density at radius 3 is 2.92 bits per heavy atom. The first-order valence-corrected chi connectivity index (χ1v) is 7.82. The number of allylic oxidation sites excluding steroid dienone is 2. The van der Waals surface area contributed by atoms with Crippen LogP contribution in [-0.4, -0.2) is 32.5 Å². The first kappa shape index (κ1) is 14.0. The van der Waals surface area contributed by atoms with Gasteiger partial charge in [0, 0.05) is 11.3 Å². The maximum absolute atomic E-state index is 13.9. The van der Waals surface area contributed by atoms with Crippen molar-refractivity contribution in [2.75, 3.05) is 0 Å². The van der Waals surface area contributed by atoms with Gasteiger partial charge in [0.05, 0.1) is 16.8 Å². The molecule has 2 aromatic rings. The van der Waals surface area contributed by atoms with Gasteiger partial charge in [0.25, 0.3) is 0 Å². The van der Waals surface area contributed by atoms with Gasteiger partial charge in [-0.2, -0.15) is 13.2 Å². The van der Waals surface area contributed by atoms with Crippen molar-refractivity contribution in [3.05, 3.63) is 28.8 Å². The summed E-state index contributed by atoms with van der Waals surface area (Å²) in [4.78, 5) is 0. The van der Waals surface area contributed by atoms with Gasteiger partial charge in [-0.25, -0.2) is 0 Å². The minimum atomic E-state index is -4.55. The van der Waals surface area contributed by atoms with Gasteiger partial charge in [-0.1, -0.05) is 16.4 Å². The monoisotopic (exact) mass is 334 g/mol. The zero-order chi connectivity index (χ0) is 16.7. The van der Waals surface area contributed by atoms with E-state index in [2.05, 4.69) is 20.6 Å². The van der Waals surface area contributed by atoms with Crippen LogP contribution in [-0.2, 0) is 6.42 Å². The van der Waals surface area contributed by atoms with Crippen LogP contribution in [0.3, 0.4) is 0 Å². The highest BCUT2D eigenvalue weighted by Crippen LogP contribution is 2.64. The fourth-order valence-corrected chi connectivity index (χ4v) is 4.99. The van der Waals surface area contributed by atoms with Crippen LogP contribution in [0.15, 0.2) is 22.9 Å². The molecule has 3 aliphatic rings. The number of rotatable bonds is 0. The lowest BCUT2D eigenvalue weighted by Crippen LogP contribution is -2.34. The number of aromatic amines is 1. The number of halogens is 3. The first-order valence-electron chi connectivity index (χ1n) is 7.82. The maximum Gasteiger partial charge on any atom is 0.418 e. The number of alkyl halides is 3. The molecule has 5 nitrogen and oxygen atoms in total. The minimum Gasteiger partial charge on any atom is -0.411 e. The van der Waals surface area contributed by atoms with Gasteiger partial charge in [-0.05, 0) is 48.4 Å². The number of benzene rings is 1. The lowest BCUT2D eigenvalue weighted by Gasteiger charge is -2.34. The van der Waals surface area contributed by atoms with E-state index in [9.17, 15) is 18.4 Å². The van der Waals surface area contributed by atoms with Gasteiger partial charge in [-0.3, -0.25) is 5.10 Å². The summed E-state index contributed by atoms with van der Waals surface area (Å²) >= 11 is 0. The molecule has 1 saturated carbocycles. The van der Waals surface area contributed by atoms with Gasteiger partial charge >= 0.3 is 6.18 Å². The molecule has 1 heterocycles. The lowest BCUT2D eigenvalue weighted by molar-refractivity contribution is -0.0870. The largest absolute Gasteiger partial charge is 0.418 e. The topological polar surface area (TPSA) is 74.2 Å². The van der Waals surface area contributed by atoms with Crippen molar-refractivity contribution < 1.29 is 18.4 Å². The summed E-state index contributed by atoms with van der Waals surface area (Å²) in [6.07, 6.45) is -2.14. The Kier molecular flexibility index (Phi) is 2.43. The van der Waals surface area contributed by atoms with Crippen LogP contribution in [0.1, 0.15) is 30.4 Å². The summed E-state index contributed by atoms with van der Waals surface area (Å²) in [7, 11) is 0. The Hall–Kier alpha value is -2.38. The van der Waals surface area contributed by atoms with Crippen LogP contribution >= 0.6 is 0 Å². The summed E-state index contributed by atoms with van der Waals surface area (Å²) in [5, 5.41) is 22.9. The van der Waals surface area contributed by atoms with E-state index in [1.807, 2.05) is 0 Å². The van der Waals surface area contributed by atoms with Crippen molar-refractivity contribution in [1.29, 1.82) is 0 Å². The quantitative estimate of drug-likeness (QED) is 0.572. The SMILES string of the molecule is O/N=C1\C(C(F)(F)F)=C2c3ccc4[nH]nnc4c3C[C@@]23CC[C@@H]1C3. The molecule has 2 N–H and O–H groups in total. The summed E-state index contributed by atoms with van der Waals surface area (Å²) in [6, 6.07) is 3.42. The summed E-state index contributed by atoms with van der Waals surface area (Å²) in [5.74, 6) is -0.336. The maximum atomic E-state index is 13.9. The number of hydrogen-bond acceptors (Lipinski definition) is 4. The normalized spacial score (nSPS) is 30.3. The second-order valence-corrected chi connectivity index (χ2v) is 6.93. The van der Waals surface area contributed by atoms with Crippen LogP contribution in [0.4, 0.5) is 13.2 Å². The highest BCUT2D eigenvalue weighted by molar-refractivity contribution is 6.13. The van der Waals surface area contributed by atoms with Gasteiger partial charge in [-0.15, -0.1) is 5.10 Å². The van der Waals surface area contributed by atoms with Gasteiger partial charge in [0.15, 0.2) is 0 Å². The third-order valence-corrected chi connectivity index (χ3v) is 5.81. The second-order valence-electron chi connectivity index (χ2n) is 6.93. The van der Waals surface area contributed by atoms with E-state index in [1.165, 1.54) is 0 Å². The van der Waals surface area contributed by atoms with Crippen LogP contribution in [0, 0.1) is 11.3 Å². The smallest absolute Gasteiger partial charge is 0.411 e. The van der Waals surface area contributed by atoms with Crippen molar-refractivity contribution >= 4 is 22.3 Å². The van der Waals surface area contributed by atoms with E-state index >= 15 is 0 Å². The number of oxime groups is 1. The highest BCUT2D eigenvalue weighted by atomic mass is 19.4. The van der Waals surface area contributed by atoms with Crippen molar-refractivity contribution in [1.82, 2.24) is 15.4 Å². The Balaban J connectivity index is 1.90. The molecule has 0 saturated heterocycles. The predicted molar refractivity (Wildman–Crippen MR) is 79.6 cm³/mol. The van der Waals surface area contributed by atoms with Gasteiger partial charge in [0.1, 0.15) is 5.52 Å². The molecule has 0 amide bonds. The molecule has 3 aliphatic carbocycles. The summed E-state index contributed by atoms with van der Waals surface area (Å²) in [5.41, 5.74) is 1.55. The highest BCUT2D eigenvalue weighted by Gasteiger charge is 2.59. The minimum absolute atomic E-state index is 0.210. The second kappa shape index (κ2) is 4.17. The van der Waals surface area contributed by atoms with E-state index in [0.717, 1.165) is 11.1 Å². The van der Waals surface area contributed by atoms with Crippen LogP contribution in [0.5, 0.6) is 0 Å². The molecule has 1 fully saturated rings. The van der Waals surface area contributed by atoms with E-state index in [4.69, 9.17) is 0 Å². The lowest BCUT2D eigenvalue weighted by atomic mass is 9.70. The van der Waals surface area contributed by atoms with E-state index in [0.29, 0.717) is 36.8 Å². The van der Waals surface area contributed by atoms with Crippen molar-refractivity contribution in [2.45, 2.75) is 31.9 Å². The molecule has 0 radical (unpaired) electrons. The molecule has 124 valence electrons. The average molecular weight is 334 g/mol. The molecule has 24 heavy (non-hydrogen) atoms. The number of hydrogen-bond donors (Lipinski definition) is 2. The Bertz CT molecular complexity index is 942. The zero-order valence-electron chi connectivity index (χ0n) is 12.5. The van der Waals surface area contributed by atoms with E-state index in [-0.39, 0.29) is 17.2 Å². The van der Waals surface area contributed by atoms with Gasteiger partial charge in [0.2, 0.25) is 0 Å². The number of H-pyrrole nitrogens is 1. The Labute approximate surface area is 134 Å². The third kappa shape index (κ3) is 1.53. The number of nitrogens with zero attached hydrogens (tertiary/aromatic N) is 3. The molecule has 1 aromatic heterocycles. The summed E-state index contributed by atoms with van der Waals surface area (Å²) < 4.78 is 41.6. The fraction of sp³-hybridized carbons (Fsp3) is 0.438. The molecule has 0 unspecified atom stereocenters. The van der Waals surface area contributed by atoms with Crippen molar-refractivity contribution in [3.63, 3.8) is 0 Å². The molecule has 0 aliphatic heterocycles. The van der Waals surface area contributed by atoms with Crippen LogP contribution in [0.2, 0.25) is 0 Å². The molecule has 8 heteroatoms. The molecule has 1 aromatic carbocycles. The van der Waals surface area contributed by atoms with Gasteiger partial charge < -0.3 is 5.21 Å². The molecule has 2 atom stereocenters. The number of nitrogens with one attached hydrogen (secondary N) is 1. The third-order valence-electron chi connectivity index (χ3n) is 5.81. The molecule has 2 bridgehead atoms. The molecule has 1 spiro atoms.